The molecule has 63 heavy (non-hydrogen) atoms. The van der Waals surface area contributed by atoms with Gasteiger partial charge in [-0.3, -0.25) is 38.6 Å². The molecule has 24 nitrogen and oxygen atoms in total. The zero-order valence-corrected chi connectivity index (χ0v) is 41.6. The molecular weight excluding hydrogens is 947 g/mol. The summed E-state index contributed by atoms with van der Waals surface area (Å²) in [5.41, 5.74) is 8.87. The van der Waals surface area contributed by atoms with Crippen molar-refractivity contribution in [2.75, 3.05) is 40.3 Å². The first-order chi connectivity index (χ1) is 26.6. The van der Waals surface area contributed by atoms with Gasteiger partial charge in [-0.1, -0.05) is 0 Å². The van der Waals surface area contributed by atoms with Crippen molar-refractivity contribution in [3.05, 3.63) is 69.8 Å². The van der Waals surface area contributed by atoms with Gasteiger partial charge in [-0.2, -0.15) is 20.4 Å². The molecule has 0 spiro atoms. The molecule has 4 heterocycles. The number of rotatable bonds is 12. The number of likely N-dealkylation sites (N-methyl/N-ethyl adjacent to an activating group) is 2. The van der Waals surface area contributed by atoms with Gasteiger partial charge in [0, 0.05) is 53.7 Å². The summed E-state index contributed by atoms with van der Waals surface area (Å²) < 4.78 is 7.87. The van der Waals surface area contributed by atoms with E-state index in [0.29, 0.717) is 13.3 Å². The summed E-state index contributed by atoms with van der Waals surface area (Å²) in [6.45, 7) is 18.8. The third kappa shape index (κ3) is 38.9. The van der Waals surface area contributed by atoms with E-state index < -0.39 is 35.8 Å². The van der Waals surface area contributed by atoms with Crippen LogP contribution >= 0.6 is 0 Å². The topological polar surface area (TPSA) is 363 Å². The Kier molecular flexibility index (Phi) is 44.1. The zero-order valence-electron chi connectivity index (χ0n) is 37.7. The Labute approximate surface area is 409 Å². The van der Waals surface area contributed by atoms with E-state index >= 15 is 0 Å². The first kappa shape index (κ1) is 73.0. The second kappa shape index (κ2) is 38.0. The van der Waals surface area contributed by atoms with Gasteiger partial charge < -0.3 is 41.6 Å². The number of aliphatic carboxylic acids is 6. The van der Waals surface area contributed by atoms with Gasteiger partial charge in [0.25, 0.3) is 11.9 Å². The number of nitrogens with zero attached hydrogens (tertiary/aromatic N) is 10. The summed E-state index contributed by atoms with van der Waals surface area (Å²) in [6.07, 6.45) is 0. The van der Waals surface area contributed by atoms with E-state index in [4.69, 9.17) is 40.2 Å². The number of aryl methyl sites for hydroxylation is 8. The number of aromatic nitrogens is 8. The molecule has 27 heteroatoms. The van der Waals surface area contributed by atoms with Crippen LogP contribution in [0.2, 0.25) is 0 Å². The molecule has 0 aromatic carbocycles. The maximum absolute atomic E-state index is 9.96. The fraction of sp³-hybridized carbons (Fsp3) is 0.500. The van der Waals surface area contributed by atoms with Gasteiger partial charge in [-0.05, 0) is 93.8 Å². The van der Waals surface area contributed by atoms with Crippen molar-refractivity contribution in [3.8, 4) is 0 Å². The van der Waals surface area contributed by atoms with Crippen molar-refractivity contribution >= 4 is 35.8 Å². The predicted molar refractivity (Wildman–Crippen MR) is 215 cm³/mol. The maximum Gasteiger partial charge on any atom is 1.00 e. The van der Waals surface area contributed by atoms with Crippen LogP contribution in [0.1, 0.15) is 59.4 Å². The first-order valence-electron chi connectivity index (χ1n) is 17.3. The smallest absolute Gasteiger partial charge is 0.870 e. The molecule has 0 saturated heterocycles. The Hall–Kier alpha value is -4.46. The van der Waals surface area contributed by atoms with Gasteiger partial charge in [0.05, 0.1) is 49.0 Å². The number of carboxylic acids is 6. The van der Waals surface area contributed by atoms with Crippen LogP contribution in [0.4, 0.5) is 0 Å². The molecular formula is C36H61Cu2N10NaO14+. The predicted octanol–water partition coefficient (Wildman–Crippen LogP) is -2.01. The third-order valence-corrected chi connectivity index (χ3v) is 6.57. The molecule has 0 bridgehead atoms. The van der Waals surface area contributed by atoms with E-state index in [1.165, 1.54) is 46.7 Å². The van der Waals surface area contributed by atoms with Crippen LogP contribution < -0.4 is 29.6 Å². The number of carboxylic acid groups (broad SMARTS) is 6. The molecule has 9 N–H and O–H groups in total. The molecule has 4 rings (SSSR count). The molecule has 4 aromatic rings. The Morgan fingerprint density at radius 2 is 0.619 bits per heavy atom. The van der Waals surface area contributed by atoms with Crippen LogP contribution in [-0.4, -0.2) is 167 Å². The van der Waals surface area contributed by atoms with Crippen molar-refractivity contribution in [1.82, 2.24) is 48.9 Å². The summed E-state index contributed by atoms with van der Waals surface area (Å²) in [6, 6.07) is 8.30. The normalized spacial score (nSPS) is 9.11. The average molecular weight is 1010 g/mol. The number of hydrogen-bond donors (Lipinski definition) is 6. The summed E-state index contributed by atoms with van der Waals surface area (Å²) in [4.78, 5) is 60.2. The van der Waals surface area contributed by atoms with E-state index in [9.17, 15) is 19.2 Å². The van der Waals surface area contributed by atoms with Crippen LogP contribution in [0.3, 0.4) is 0 Å². The van der Waals surface area contributed by atoms with Crippen LogP contribution in [0, 0.1) is 55.4 Å². The number of carbonyl (C=O) groups is 6. The van der Waals surface area contributed by atoms with Crippen LogP contribution in [-0.2, 0) is 76.2 Å². The molecule has 361 valence electrons. The number of hydrogen-bond acceptors (Lipinski definition) is 13. The quantitative estimate of drug-likeness (QED) is 0.0835. The molecule has 0 aliphatic heterocycles. The Morgan fingerprint density at radius 3 is 0.714 bits per heavy atom. The van der Waals surface area contributed by atoms with Crippen molar-refractivity contribution in [1.29, 1.82) is 0 Å². The zero-order chi connectivity index (χ0) is 45.4. The van der Waals surface area contributed by atoms with E-state index in [0.717, 1.165) is 36.6 Å². The van der Waals surface area contributed by atoms with Crippen molar-refractivity contribution in [2.45, 2.75) is 82.6 Å². The minimum Gasteiger partial charge on any atom is -0.870 e. The largest absolute Gasteiger partial charge is 1.00 e. The van der Waals surface area contributed by atoms with Crippen LogP contribution in [0.15, 0.2) is 24.3 Å². The molecule has 4 aromatic heterocycles. The van der Waals surface area contributed by atoms with Gasteiger partial charge in [-0.15, -0.1) is 0 Å². The van der Waals surface area contributed by atoms with E-state index in [2.05, 4.69) is 72.4 Å². The van der Waals surface area contributed by atoms with Gasteiger partial charge >= 0.3 is 70.5 Å². The molecule has 0 saturated carbocycles. The molecule has 1 radical (unpaired) electrons. The SMILES string of the molecule is CC(=O)O.CC(=O)O.CN(CC(=O)O)CC(=O)O.CN(CC(=O)O)CC(=O)O.Cc1cc(C)n(Cn2nc(C)cc2C)n1.Cc1cc(C)n(Cn2nc(C)cc2C)n1.O.[Cu+].[Cu].[Na+].[OH-]. The average Bonchev–Trinajstić information content (AvgIpc) is 3.72. The molecule has 0 atom stereocenters. The van der Waals surface area contributed by atoms with Crippen LogP contribution in [0.5, 0.6) is 0 Å². The maximum atomic E-state index is 9.96. The van der Waals surface area contributed by atoms with Gasteiger partial charge in [0.2, 0.25) is 0 Å². The van der Waals surface area contributed by atoms with Crippen molar-refractivity contribution < 1.29 is 134 Å². The van der Waals surface area contributed by atoms with Gasteiger partial charge in [0.15, 0.2) is 0 Å². The molecule has 0 fully saturated rings. The first-order valence-corrected chi connectivity index (χ1v) is 17.3. The summed E-state index contributed by atoms with van der Waals surface area (Å²) in [5, 5.41) is 65.1. The minimum absolute atomic E-state index is 0. The Bertz CT molecular complexity index is 1690. The van der Waals surface area contributed by atoms with Gasteiger partial charge in [-0.25, -0.2) is 18.7 Å². The summed E-state index contributed by atoms with van der Waals surface area (Å²) in [5.74, 6) is -5.76. The molecule has 0 amide bonds. The van der Waals surface area contributed by atoms with Crippen molar-refractivity contribution in [3.63, 3.8) is 0 Å². The fourth-order valence-electron chi connectivity index (χ4n) is 4.56. The Balaban J connectivity index is -0.000000124. The van der Waals surface area contributed by atoms with E-state index in [1.54, 1.807) is 0 Å². The molecule has 0 aliphatic carbocycles. The molecule has 0 aliphatic rings. The monoisotopic (exact) mass is 1010 g/mol. The van der Waals surface area contributed by atoms with Crippen molar-refractivity contribution in [2.24, 2.45) is 0 Å². The second-order valence-corrected chi connectivity index (χ2v) is 12.9. The Morgan fingerprint density at radius 1 is 0.476 bits per heavy atom. The summed E-state index contributed by atoms with van der Waals surface area (Å²) >= 11 is 0. The third-order valence-electron chi connectivity index (χ3n) is 6.57. The fourth-order valence-corrected chi connectivity index (χ4v) is 4.56. The van der Waals surface area contributed by atoms with E-state index in [-0.39, 0.29) is 101 Å². The second-order valence-electron chi connectivity index (χ2n) is 12.9. The summed E-state index contributed by atoms with van der Waals surface area (Å²) in [7, 11) is 2.87. The van der Waals surface area contributed by atoms with Crippen LogP contribution in [0.25, 0.3) is 0 Å². The minimum atomic E-state index is -1.02. The molecule has 0 unspecified atom stereocenters. The standard InChI is InChI=1S/2C11H16N4.2C5H9NO4.2C2H4O2.2Cu.Na.2H2O/c2*1-8-5-10(3)14(12-8)7-15-11(4)6-9(2)13-15;2*1-6(2-4(7)8)3-5(9)10;2*1-2(3)4;;;;;/h2*5-6H,7H2,1-4H3;2*2-3H2,1H3,(H,7,8)(H,9,10);2*1H3,(H,3,4);;;;2*1H2/q;;;;;;;2*+1;;/p-1. The van der Waals surface area contributed by atoms with E-state index in [1.807, 2.05) is 46.4 Å². The van der Waals surface area contributed by atoms with Gasteiger partial charge in [0.1, 0.15) is 13.3 Å².